The van der Waals surface area contributed by atoms with Crippen molar-refractivity contribution in [3.63, 3.8) is 0 Å². The van der Waals surface area contributed by atoms with Crippen molar-refractivity contribution in [2.45, 2.75) is 76.2 Å². The summed E-state index contributed by atoms with van der Waals surface area (Å²) >= 11 is 0. The molecule has 1 aliphatic heterocycles. The quantitative estimate of drug-likeness (QED) is 0.433. The van der Waals surface area contributed by atoms with Crippen LogP contribution in [-0.4, -0.2) is 56.3 Å². The predicted molar refractivity (Wildman–Crippen MR) is 146 cm³/mol. The van der Waals surface area contributed by atoms with Gasteiger partial charge in [-0.1, -0.05) is 50.2 Å². The number of benzene rings is 1. The van der Waals surface area contributed by atoms with Gasteiger partial charge in [0.2, 0.25) is 11.7 Å². The molecule has 1 aromatic carbocycles. The third kappa shape index (κ3) is 3.94. The van der Waals surface area contributed by atoms with Crippen LogP contribution in [0.1, 0.15) is 87.8 Å². The number of likely N-dealkylation sites (tertiary alicyclic amines) is 1. The number of carboxylic acids is 1. The SMILES string of the molecule is CC(C)c1ccc(C(O)(c2cncc(-c3noc(C45CCC(C(=O)O)(CC4)CC5)n3)c2)C2(C)CN(C)C2)cc1. The zero-order valence-corrected chi connectivity index (χ0v) is 23.3. The van der Waals surface area contributed by atoms with Crippen LogP contribution < -0.4 is 0 Å². The van der Waals surface area contributed by atoms with E-state index < -0.39 is 22.4 Å². The van der Waals surface area contributed by atoms with Crippen molar-refractivity contribution in [3.8, 4) is 11.4 Å². The molecule has 206 valence electrons. The maximum absolute atomic E-state index is 12.5. The third-order valence-corrected chi connectivity index (χ3v) is 10.1. The molecule has 39 heavy (non-hydrogen) atoms. The first-order valence-corrected chi connectivity index (χ1v) is 14.1. The van der Waals surface area contributed by atoms with Crippen LogP contribution in [0, 0.1) is 10.8 Å². The van der Waals surface area contributed by atoms with Crippen molar-refractivity contribution in [1.29, 1.82) is 0 Å². The summed E-state index contributed by atoms with van der Waals surface area (Å²) in [5.41, 5.74) is 0.981. The fraction of sp³-hybridized carbons (Fsp3) is 0.548. The molecule has 2 N–H and O–H groups in total. The molecule has 3 aliphatic carbocycles. The van der Waals surface area contributed by atoms with E-state index in [4.69, 9.17) is 9.51 Å². The van der Waals surface area contributed by atoms with Crippen LogP contribution in [0.15, 0.2) is 47.2 Å². The average molecular weight is 531 g/mol. The van der Waals surface area contributed by atoms with Crippen LogP contribution in [0.4, 0.5) is 0 Å². The Morgan fingerprint density at radius 2 is 1.67 bits per heavy atom. The predicted octanol–water partition coefficient (Wildman–Crippen LogP) is 5.12. The van der Waals surface area contributed by atoms with Gasteiger partial charge in [0.1, 0.15) is 5.60 Å². The number of rotatable bonds is 7. The molecule has 1 unspecified atom stereocenters. The van der Waals surface area contributed by atoms with E-state index in [0.717, 1.165) is 37.9 Å². The topological polar surface area (TPSA) is 113 Å². The van der Waals surface area contributed by atoms with Crippen molar-refractivity contribution >= 4 is 5.97 Å². The largest absolute Gasteiger partial charge is 0.481 e. The number of fused-ring (bicyclic) bond motifs is 3. The Hall–Kier alpha value is -3.10. The van der Waals surface area contributed by atoms with E-state index in [1.165, 1.54) is 5.56 Å². The molecular formula is C31H38N4O4. The molecule has 1 atom stereocenters. The standard InChI is InChI=1S/C31H38N4O4/c1-20(2)21-5-7-23(8-6-21)31(38,28(3)18-35(4)19-28)24-15-22(16-32-17-24)25-33-26(39-34-25)29-9-12-30(13-10-29,14-11-29)27(36)37/h5-8,15-17,20,38H,9-14,18-19H2,1-4H3,(H,36,37). The number of carboxylic acid groups (broad SMARTS) is 1. The van der Waals surface area contributed by atoms with Gasteiger partial charge in [-0.25, -0.2) is 0 Å². The second-order valence-corrected chi connectivity index (χ2v) is 13.0. The molecule has 3 heterocycles. The molecule has 2 bridgehead atoms. The summed E-state index contributed by atoms with van der Waals surface area (Å²) in [7, 11) is 2.07. The molecule has 3 saturated carbocycles. The van der Waals surface area contributed by atoms with Crippen LogP contribution in [0.5, 0.6) is 0 Å². The van der Waals surface area contributed by atoms with Crippen LogP contribution in [0.2, 0.25) is 0 Å². The molecule has 0 amide bonds. The Kier molecular flexibility index (Phi) is 6.01. The molecule has 7 rings (SSSR count). The fourth-order valence-electron chi connectivity index (χ4n) is 7.49. The highest BCUT2D eigenvalue weighted by molar-refractivity contribution is 5.75. The second kappa shape index (κ2) is 8.96. The molecule has 8 nitrogen and oxygen atoms in total. The van der Waals surface area contributed by atoms with E-state index >= 15 is 0 Å². The number of hydrogen-bond acceptors (Lipinski definition) is 7. The fourth-order valence-corrected chi connectivity index (χ4v) is 7.49. The van der Waals surface area contributed by atoms with Crippen LogP contribution in [0.3, 0.4) is 0 Å². The van der Waals surface area contributed by atoms with Gasteiger partial charge in [-0.3, -0.25) is 9.78 Å². The molecule has 8 heteroatoms. The van der Waals surface area contributed by atoms with Gasteiger partial charge in [-0.15, -0.1) is 0 Å². The van der Waals surface area contributed by atoms with Crippen molar-refractivity contribution in [2.24, 2.45) is 10.8 Å². The Morgan fingerprint density at radius 3 is 2.23 bits per heavy atom. The molecule has 0 radical (unpaired) electrons. The molecule has 4 fully saturated rings. The third-order valence-electron chi connectivity index (χ3n) is 10.1. The monoisotopic (exact) mass is 530 g/mol. The maximum Gasteiger partial charge on any atom is 0.309 e. The first-order valence-electron chi connectivity index (χ1n) is 14.1. The summed E-state index contributed by atoms with van der Waals surface area (Å²) in [6.45, 7) is 7.97. The van der Waals surface area contributed by atoms with Gasteiger partial charge in [0.25, 0.3) is 0 Å². The zero-order chi connectivity index (χ0) is 27.6. The zero-order valence-electron chi connectivity index (χ0n) is 23.3. The number of aliphatic carboxylic acids is 1. The molecular weight excluding hydrogens is 492 g/mol. The lowest BCUT2D eigenvalue weighted by atomic mass is 9.53. The van der Waals surface area contributed by atoms with Gasteiger partial charge in [0.05, 0.1) is 5.41 Å². The number of carbonyl (C=O) groups is 1. The second-order valence-electron chi connectivity index (χ2n) is 13.0. The first-order chi connectivity index (χ1) is 18.5. The highest BCUT2D eigenvalue weighted by Crippen LogP contribution is 2.57. The van der Waals surface area contributed by atoms with Crippen molar-refractivity contribution in [2.75, 3.05) is 20.1 Å². The van der Waals surface area contributed by atoms with E-state index in [1.54, 1.807) is 12.4 Å². The molecule has 4 aliphatic rings. The number of aromatic nitrogens is 3. The molecule has 2 aromatic heterocycles. The van der Waals surface area contributed by atoms with Crippen molar-refractivity contribution in [3.05, 3.63) is 65.3 Å². The minimum Gasteiger partial charge on any atom is -0.481 e. The smallest absolute Gasteiger partial charge is 0.309 e. The van der Waals surface area contributed by atoms with Gasteiger partial charge >= 0.3 is 5.97 Å². The summed E-state index contributed by atoms with van der Waals surface area (Å²) in [5, 5.41) is 26.6. The lowest BCUT2D eigenvalue weighted by Crippen LogP contribution is -2.63. The number of pyridine rings is 1. The highest BCUT2D eigenvalue weighted by Gasteiger charge is 2.56. The lowest BCUT2D eigenvalue weighted by Gasteiger charge is -2.55. The summed E-state index contributed by atoms with van der Waals surface area (Å²) in [4.78, 5) is 23.4. The van der Waals surface area contributed by atoms with Gasteiger partial charge < -0.3 is 19.6 Å². The van der Waals surface area contributed by atoms with Crippen LogP contribution >= 0.6 is 0 Å². The Bertz CT molecular complexity index is 1370. The minimum atomic E-state index is -1.25. The summed E-state index contributed by atoms with van der Waals surface area (Å²) in [5.74, 6) is 0.766. The molecule has 1 saturated heterocycles. The Morgan fingerprint density at radius 1 is 1.03 bits per heavy atom. The first kappa shape index (κ1) is 26.1. The van der Waals surface area contributed by atoms with E-state index in [9.17, 15) is 15.0 Å². The van der Waals surface area contributed by atoms with E-state index in [1.807, 2.05) is 18.2 Å². The minimum absolute atomic E-state index is 0.254. The number of aliphatic hydroxyl groups is 1. The van der Waals surface area contributed by atoms with Crippen molar-refractivity contribution in [1.82, 2.24) is 20.0 Å². The Labute approximate surface area is 229 Å². The van der Waals surface area contributed by atoms with E-state index in [-0.39, 0.29) is 5.41 Å². The lowest BCUT2D eigenvalue weighted by molar-refractivity contribution is -0.156. The Balaban J connectivity index is 1.34. The summed E-state index contributed by atoms with van der Waals surface area (Å²) < 4.78 is 5.82. The van der Waals surface area contributed by atoms with Gasteiger partial charge in [0.15, 0.2) is 0 Å². The summed E-state index contributed by atoms with van der Waals surface area (Å²) in [6.07, 6.45) is 7.64. The number of hydrogen-bond donors (Lipinski definition) is 2. The number of nitrogens with zero attached hydrogens (tertiary/aromatic N) is 4. The van der Waals surface area contributed by atoms with Gasteiger partial charge in [-0.05, 0) is 68.7 Å². The van der Waals surface area contributed by atoms with E-state index in [2.05, 4.69) is 55.0 Å². The van der Waals surface area contributed by atoms with Crippen molar-refractivity contribution < 1.29 is 19.5 Å². The molecule has 0 spiro atoms. The molecule has 3 aromatic rings. The van der Waals surface area contributed by atoms with Crippen LogP contribution in [0.25, 0.3) is 11.4 Å². The van der Waals surface area contributed by atoms with Gasteiger partial charge in [-0.2, -0.15) is 4.98 Å². The van der Waals surface area contributed by atoms with Crippen LogP contribution in [-0.2, 0) is 15.8 Å². The summed E-state index contributed by atoms with van der Waals surface area (Å²) in [6, 6.07) is 10.2. The van der Waals surface area contributed by atoms with E-state index in [0.29, 0.717) is 48.0 Å². The normalized spacial score (nSPS) is 27.7. The van der Waals surface area contributed by atoms with Gasteiger partial charge in [0, 0.05) is 47.4 Å². The average Bonchev–Trinajstić information content (AvgIpc) is 3.44. The maximum atomic E-state index is 12.5. The highest BCUT2D eigenvalue weighted by atomic mass is 16.5.